The second-order valence-corrected chi connectivity index (χ2v) is 15.2. The molecule has 4 rings (SSSR count). The fraction of sp³-hybridized carbons (Fsp3) is 0.889. The van der Waals surface area contributed by atoms with Gasteiger partial charge in [0.2, 0.25) is 23.6 Å². The lowest BCUT2D eigenvalue weighted by Gasteiger charge is -2.25. The van der Waals surface area contributed by atoms with E-state index in [-0.39, 0.29) is 47.3 Å². The van der Waals surface area contributed by atoms with E-state index in [2.05, 4.69) is 35.1 Å². The summed E-state index contributed by atoms with van der Waals surface area (Å²) in [4.78, 5) is 44.6. The first-order chi connectivity index (χ1) is 21.0. The minimum absolute atomic E-state index is 0.0906. The van der Waals surface area contributed by atoms with Gasteiger partial charge in [-0.1, -0.05) is 68.7 Å². The maximum atomic E-state index is 11.3. The highest BCUT2D eigenvalue weighted by Gasteiger charge is 2.37. The van der Waals surface area contributed by atoms with Crippen LogP contribution in [0, 0.1) is 40.9 Å². The van der Waals surface area contributed by atoms with Crippen molar-refractivity contribution >= 4 is 23.6 Å². The molecule has 3 aliphatic carbocycles. The number of hydrogen-bond donors (Lipinski definition) is 4. The lowest BCUT2D eigenvalue weighted by molar-refractivity contribution is -0.125. The molecule has 4 fully saturated rings. The molecule has 4 aliphatic rings. The molecule has 0 aromatic carbocycles. The van der Waals surface area contributed by atoms with Gasteiger partial charge in [-0.3, -0.25) is 19.2 Å². The normalized spacial score (nSPS) is 19.4. The molecule has 1 aliphatic heterocycles. The minimum Gasteiger partial charge on any atom is -0.381 e. The van der Waals surface area contributed by atoms with Crippen molar-refractivity contribution in [1.82, 2.24) is 21.3 Å². The Balaban J connectivity index is 0.000000300. The van der Waals surface area contributed by atoms with Crippen molar-refractivity contribution in [2.45, 2.75) is 139 Å². The van der Waals surface area contributed by atoms with Crippen molar-refractivity contribution in [3.8, 4) is 0 Å². The molecular weight excluding hydrogens is 568 g/mol. The Morgan fingerprint density at radius 3 is 1.56 bits per heavy atom. The molecule has 9 nitrogen and oxygen atoms in total. The number of hydrogen-bond acceptors (Lipinski definition) is 5. The van der Waals surface area contributed by atoms with Crippen LogP contribution in [0.2, 0.25) is 0 Å². The van der Waals surface area contributed by atoms with Crippen LogP contribution in [0.1, 0.15) is 127 Å². The first-order valence-electron chi connectivity index (χ1n) is 17.8. The number of carbonyl (C=O) groups excluding carboxylic acids is 4. The van der Waals surface area contributed by atoms with Crippen LogP contribution >= 0.6 is 0 Å². The first kappa shape index (κ1) is 40.9. The molecule has 0 aromatic heterocycles. The molecule has 1 heterocycles. The predicted octanol–water partition coefficient (Wildman–Crippen LogP) is 5.61. The summed E-state index contributed by atoms with van der Waals surface area (Å²) >= 11 is 0. The molecule has 45 heavy (non-hydrogen) atoms. The van der Waals surface area contributed by atoms with Crippen LogP contribution in [0.5, 0.6) is 0 Å². The fourth-order valence-electron chi connectivity index (χ4n) is 4.36. The standard InChI is InChI=1S/C9H17NO2.3C9H17NO/c1-7(2)9(11)10-8-3-5-12-6-4-8;1-7(2)8(11)10-6-9(3)4-5-9;1-6(2)9(11)10-7(3)8-4-5-8;1-7(2)9(11)10-6-8-4-3-5-8/h7-8H,3-6H2,1-2H3,(H,10,11);7H,4-6H2,1-3H3,(H,10,11);6-8H,4-5H2,1-3H3,(H,10,11);7-8H,3-6H2,1-2H3,(H,10,11). The molecule has 262 valence electrons. The van der Waals surface area contributed by atoms with Gasteiger partial charge in [0.05, 0.1) is 0 Å². The average Bonchev–Trinajstić information content (AvgIpc) is 3.89. The molecule has 0 spiro atoms. The number of amides is 4. The highest BCUT2D eigenvalue weighted by atomic mass is 16.5. The van der Waals surface area contributed by atoms with Crippen molar-refractivity contribution in [1.29, 1.82) is 0 Å². The highest BCUT2D eigenvalue weighted by molar-refractivity contribution is 5.79. The Hall–Kier alpha value is -2.16. The van der Waals surface area contributed by atoms with Gasteiger partial charge in [0.15, 0.2) is 0 Å². The molecule has 4 amide bonds. The number of rotatable bonds is 11. The lowest BCUT2D eigenvalue weighted by atomic mass is 9.85. The zero-order chi connectivity index (χ0) is 34.2. The fourth-order valence-corrected chi connectivity index (χ4v) is 4.36. The van der Waals surface area contributed by atoms with Crippen LogP contribution in [0.3, 0.4) is 0 Å². The summed E-state index contributed by atoms with van der Waals surface area (Å²) in [6, 6.07) is 0.735. The van der Waals surface area contributed by atoms with E-state index in [1.165, 1.54) is 44.9 Å². The monoisotopic (exact) mass is 637 g/mol. The van der Waals surface area contributed by atoms with Gasteiger partial charge in [-0.25, -0.2) is 0 Å². The van der Waals surface area contributed by atoms with Gasteiger partial charge < -0.3 is 26.0 Å². The van der Waals surface area contributed by atoms with E-state index in [4.69, 9.17) is 4.74 Å². The molecular formula is C36H68N4O5. The van der Waals surface area contributed by atoms with Crippen molar-refractivity contribution in [2.24, 2.45) is 40.9 Å². The van der Waals surface area contributed by atoms with E-state index >= 15 is 0 Å². The summed E-state index contributed by atoms with van der Waals surface area (Å²) in [6.07, 6.45) is 11.0. The van der Waals surface area contributed by atoms with E-state index < -0.39 is 0 Å². The van der Waals surface area contributed by atoms with Gasteiger partial charge in [-0.05, 0) is 75.5 Å². The maximum absolute atomic E-state index is 11.3. The third kappa shape index (κ3) is 19.2. The Morgan fingerprint density at radius 2 is 1.16 bits per heavy atom. The Labute approximate surface area is 274 Å². The lowest BCUT2D eigenvalue weighted by Crippen LogP contribution is -2.40. The zero-order valence-electron chi connectivity index (χ0n) is 30.4. The van der Waals surface area contributed by atoms with Crippen LogP contribution in [0.25, 0.3) is 0 Å². The molecule has 1 atom stereocenters. The largest absolute Gasteiger partial charge is 0.381 e. The van der Waals surface area contributed by atoms with Crippen LogP contribution < -0.4 is 21.3 Å². The van der Waals surface area contributed by atoms with Crippen molar-refractivity contribution in [3.63, 3.8) is 0 Å². The number of carbonyl (C=O) groups is 4. The third-order valence-electron chi connectivity index (χ3n) is 8.95. The quantitative estimate of drug-likeness (QED) is 0.235. The summed E-state index contributed by atoms with van der Waals surface area (Å²) in [6.45, 7) is 23.0. The topological polar surface area (TPSA) is 126 Å². The first-order valence-corrected chi connectivity index (χ1v) is 17.8. The Bertz CT molecular complexity index is 886. The van der Waals surface area contributed by atoms with E-state index in [0.717, 1.165) is 51.0 Å². The highest BCUT2D eigenvalue weighted by Crippen LogP contribution is 2.44. The maximum Gasteiger partial charge on any atom is 0.222 e. The Kier molecular flexibility index (Phi) is 18.9. The van der Waals surface area contributed by atoms with E-state index in [9.17, 15) is 19.2 Å². The summed E-state index contributed by atoms with van der Waals surface area (Å²) in [5.74, 6) is 2.72. The summed E-state index contributed by atoms with van der Waals surface area (Å²) < 4.78 is 5.19. The molecule has 1 unspecified atom stereocenters. The molecule has 1 saturated heterocycles. The summed E-state index contributed by atoms with van der Waals surface area (Å²) in [5.41, 5.74) is 0.435. The van der Waals surface area contributed by atoms with Crippen LogP contribution in [-0.4, -0.2) is 62.0 Å². The van der Waals surface area contributed by atoms with Crippen molar-refractivity contribution in [2.75, 3.05) is 26.3 Å². The number of nitrogens with one attached hydrogen (secondary N) is 4. The van der Waals surface area contributed by atoms with Crippen LogP contribution in [0.15, 0.2) is 0 Å². The second-order valence-electron chi connectivity index (χ2n) is 15.2. The van der Waals surface area contributed by atoms with Gasteiger partial charge in [0.1, 0.15) is 0 Å². The van der Waals surface area contributed by atoms with Gasteiger partial charge in [0.25, 0.3) is 0 Å². The molecule has 0 bridgehead atoms. The van der Waals surface area contributed by atoms with E-state index in [1.54, 1.807) is 0 Å². The Morgan fingerprint density at radius 1 is 0.667 bits per heavy atom. The third-order valence-corrected chi connectivity index (χ3v) is 8.95. The van der Waals surface area contributed by atoms with Gasteiger partial charge >= 0.3 is 0 Å². The minimum atomic E-state index is 0.0906. The number of ether oxygens (including phenoxy) is 1. The van der Waals surface area contributed by atoms with E-state index in [0.29, 0.717) is 17.5 Å². The SMILES string of the molecule is CC(C)C(=O)NC(C)C1CC1.CC(C)C(=O)NC1CCOCC1.CC(C)C(=O)NCC1(C)CC1.CC(C)C(=O)NCC1CCC1. The molecule has 0 aromatic rings. The second kappa shape index (κ2) is 20.9. The van der Waals surface area contributed by atoms with Crippen molar-refractivity contribution in [3.05, 3.63) is 0 Å². The van der Waals surface area contributed by atoms with Gasteiger partial charge in [-0.2, -0.15) is 0 Å². The van der Waals surface area contributed by atoms with E-state index in [1.807, 2.05) is 55.4 Å². The van der Waals surface area contributed by atoms with Crippen LogP contribution in [0.4, 0.5) is 0 Å². The van der Waals surface area contributed by atoms with Gasteiger partial charge in [0, 0.05) is 62.1 Å². The van der Waals surface area contributed by atoms with Crippen LogP contribution in [-0.2, 0) is 23.9 Å². The molecule has 0 radical (unpaired) electrons. The van der Waals surface area contributed by atoms with Gasteiger partial charge in [-0.15, -0.1) is 0 Å². The van der Waals surface area contributed by atoms with Crippen molar-refractivity contribution < 1.29 is 23.9 Å². The zero-order valence-corrected chi connectivity index (χ0v) is 30.4. The summed E-state index contributed by atoms with van der Waals surface area (Å²) in [7, 11) is 0. The molecule has 4 N–H and O–H groups in total. The summed E-state index contributed by atoms with van der Waals surface area (Å²) in [5, 5.41) is 11.9. The smallest absolute Gasteiger partial charge is 0.222 e. The molecule has 9 heteroatoms. The average molecular weight is 637 g/mol. The molecule has 3 saturated carbocycles. The predicted molar refractivity (Wildman–Crippen MR) is 182 cm³/mol.